The molecule has 1 unspecified atom stereocenters. The number of halogens is 4. The van der Waals surface area contributed by atoms with Crippen molar-refractivity contribution in [2.45, 2.75) is 19.4 Å². The molecule has 0 radical (unpaired) electrons. The van der Waals surface area contributed by atoms with E-state index < -0.39 is 17.7 Å². The van der Waals surface area contributed by atoms with E-state index in [-0.39, 0.29) is 12.0 Å². The average Bonchev–Trinajstić information content (AvgIpc) is 2.38. The second kappa shape index (κ2) is 6.20. The van der Waals surface area contributed by atoms with Crippen LogP contribution in [0.3, 0.4) is 0 Å². The van der Waals surface area contributed by atoms with Gasteiger partial charge in [0.2, 0.25) is 0 Å². The van der Waals surface area contributed by atoms with Crippen LogP contribution in [-0.4, -0.2) is 0 Å². The van der Waals surface area contributed by atoms with Crippen molar-refractivity contribution in [2.75, 3.05) is 0 Å². The van der Waals surface area contributed by atoms with Gasteiger partial charge in [0.25, 0.3) is 0 Å². The minimum absolute atomic E-state index is 0.0935. The fourth-order valence-electron chi connectivity index (χ4n) is 2.04. The summed E-state index contributed by atoms with van der Waals surface area (Å²) in [5.74, 6) is -1.22. The summed E-state index contributed by atoms with van der Waals surface area (Å²) < 4.78 is 28.6. The first-order chi connectivity index (χ1) is 9.40. The fourth-order valence-corrected chi connectivity index (χ4v) is 2.80. The van der Waals surface area contributed by atoms with Crippen molar-refractivity contribution in [3.63, 3.8) is 0 Å². The standard InChI is InChI=1S/C15H13BrClF2N/c1-8-2-5-12(18)14(15(8)19)13(20)6-9-3-4-10(16)7-11(9)17/h2-5,7,13H,6,20H2,1H3. The molecule has 0 heterocycles. The van der Waals surface area contributed by atoms with Crippen molar-refractivity contribution in [3.05, 3.63) is 68.2 Å². The van der Waals surface area contributed by atoms with Crippen molar-refractivity contribution in [1.29, 1.82) is 0 Å². The summed E-state index contributed by atoms with van der Waals surface area (Å²) in [6.45, 7) is 1.58. The Morgan fingerprint density at radius 2 is 1.95 bits per heavy atom. The van der Waals surface area contributed by atoms with Gasteiger partial charge in [0.1, 0.15) is 11.6 Å². The van der Waals surface area contributed by atoms with Gasteiger partial charge in [0.05, 0.1) is 0 Å². The minimum atomic E-state index is -0.784. The predicted octanol–water partition coefficient (Wildman–Crippen LogP) is 4.93. The van der Waals surface area contributed by atoms with E-state index in [1.807, 2.05) is 6.07 Å². The highest BCUT2D eigenvalue weighted by Gasteiger charge is 2.19. The van der Waals surface area contributed by atoms with Crippen LogP contribution in [-0.2, 0) is 6.42 Å². The molecule has 0 spiro atoms. The van der Waals surface area contributed by atoms with Gasteiger partial charge >= 0.3 is 0 Å². The molecule has 106 valence electrons. The lowest BCUT2D eigenvalue weighted by Crippen LogP contribution is -2.17. The summed E-state index contributed by atoms with van der Waals surface area (Å²) >= 11 is 9.40. The van der Waals surface area contributed by atoms with Crippen LogP contribution in [0.15, 0.2) is 34.8 Å². The van der Waals surface area contributed by atoms with E-state index in [9.17, 15) is 8.78 Å². The van der Waals surface area contributed by atoms with Crippen LogP contribution in [0.25, 0.3) is 0 Å². The molecule has 0 aliphatic heterocycles. The van der Waals surface area contributed by atoms with Crippen molar-refractivity contribution in [1.82, 2.24) is 0 Å². The van der Waals surface area contributed by atoms with Crippen molar-refractivity contribution in [2.24, 2.45) is 5.73 Å². The Kier molecular flexibility index (Phi) is 4.78. The van der Waals surface area contributed by atoms with E-state index in [4.69, 9.17) is 17.3 Å². The summed E-state index contributed by atoms with van der Waals surface area (Å²) in [7, 11) is 0. The first-order valence-corrected chi connectivity index (χ1v) is 7.21. The quantitative estimate of drug-likeness (QED) is 0.825. The van der Waals surface area contributed by atoms with Gasteiger partial charge in [-0.25, -0.2) is 8.78 Å². The van der Waals surface area contributed by atoms with Gasteiger partial charge in [0.15, 0.2) is 0 Å². The molecule has 2 N–H and O–H groups in total. The number of hydrogen-bond acceptors (Lipinski definition) is 1. The number of nitrogens with two attached hydrogens (primary N) is 1. The summed E-state index contributed by atoms with van der Waals surface area (Å²) in [4.78, 5) is 0. The number of aryl methyl sites for hydroxylation is 1. The molecule has 0 aliphatic rings. The Morgan fingerprint density at radius 3 is 2.60 bits per heavy atom. The lowest BCUT2D eigenvalue weighted by atomic mass is 9.97. The first-order valence-electron chi connectivity index (χ1n) is 6.04. The average molecular weight is 361 g/mol. The highest BCUT2D eigenvalue weighted by molar-refractivity contribution is 9.10. The highest BCUT2D eigenvalue weighted by atomic mass is 79.9. The molecule has 0 bridgehead atoms. The molecular formula is C15H13BrClF2N. The Labute approximate surface area is 129 Å². The van der Waals surface area contributed by atoms with Gasteiger partial charge in [0, 0.05) is 21.1 Å². The molecule has 2 aromatic carbocycles. The van der Waals surface area contributed by atoms with Gasteiger partial charge < -0.3 is 5.73 Å². The van der Waals surface area contributed by atoms with Crippen LogP contribution in [0.4, 0.5) is 8.78 Å². The Balaban J connectivity index is 2.33. The van der Waals surface area contributed by atoms with Crippen molar-refractivity contribution < 1.29 is 8.78 Å². The molecule has 1 atom stereocenters. The topological polar surface area (TPSA) is 26.0 Å². The van der Waals surface area contributed by atoms with Crippen LogP contribution in [0, 0.1) is 18.6 Å². The van der Waals surface area contributed by atoms with Gasteiger partial charge in [-0.2, -0.15) is 0 Å². The van der Waals surface area contributed by atoms with Gasteiger partial charge in [-0.15, -0.1) is 0 Å². The molecule has 20 heavy (non-hydrogen) atoms. The summed E-state index contributed by atoms with van der Waals surface area (Å²) in [6, 6.07) is 7.18. The highest BCUT2D eigenvalue weighted by Crippen LogP contribution is 2.28. The normalized spacial score (nSPS) is 12.5. The largest absolute Gasteiger partial charge is 0.323 e. The molecule has 5 heteroatoms. The molecule has 2 aromatic rings. The summed E-state index contributed by atoms with van der Waals surface area (Å²) in [6.07, 6.45) is 0.267. The van der Waals surface area contributed by atoms with E-state index in [2.05, 4.69) is 15.9 Å². The number of rotatable bonds is 3. The third kappa shape index (κ3) is 3.19. The van der Waals surface area contributed by atoms with Crippen LogP contribution in [0.5, 0.6) is 0 Å². The van der Waals surface area contributed by atoms with Gasteiger partial charge in [-0.3, -0.25) is 0 Å². The SMILES string of the molecule is Cc1ccc(F)c(C(N)Cc2ccc(Br)cc2Cl)c1F. The zero-order valence-corrected chi connectivity index (χ0v) is 13.1. The minimum Gasteiger partial charge on any atom is -0.323 e. The summed E-state index contributed by atoms with van der Waals surface area (Å²) in [5, 5.41) is 0.517. The third-order valence-corrected chi connectivity index (χ3v) is 3.99. The molecule has 0 aliphatic carbocycles. The lowest BCUT2D eigenvalue weighted by molar-refractivity contribution is 0.520. The van der Waals surface area contributed by atoms with E-state index in [1.165, 1.54) is 12.1 Å². The van der Waals surface area contributed by atoms with Crippen LogP contribution < -0.4 is 5.73 Å². The van der Waals surface area contributed by atoms with Gasteiger partial charge in [-0.05, 0) is 42.7 Å². The van der Waals surface area contributed by atoms with E-state index >= 15 is 0 Å². The Morgan fingerprint density at radius 1 is 1.25 bits per heavy atom. The maximum Gasteiger partial charge on any atom is 0.133 e. The smallest absolute Gasteiger partial charge is 0.133 e. The van der Waals surface area contributed by atoms with E-state index in [1.54, 1.807) is 19.1 Å². The zero-order valence-electron chi connectivity index (χ0n) is 10.8. The first kappa shape index (κ1) is 15.4. The van der Waals surface area contributed by atoms with Crippen molar-refractivity contribution >= 4 is 27.5 Å². The maximum atomic E-state index is 14.0. The second-order valence-electron chi connectivity index (χ2n) is 4.64. The van der Waals surface area contributed by atoms with Crippen LogP contribution >= 0.6 is 27.5 Å². The lowest BCUT2D eigenvalue weighted by Gasteiger charge is -2.16. The van der Waals surface area contributed by atoms with Gasteiger partial charge in [-0.1, -0.05) is 39.7 Å². The predicted molar refractivity (Wildman–Crippen MR) is 80.9 cm³/mol. The van der Waals surface area contributed by atoms with Crippen LogP contribution in [0.2, 0.25) is 5.02 Å². The molecule has 0 saturated carbocycles. The molecule has 0 fully saturated rings. The Hall–Kier alpha value is -0.970. The molecule has 0 amide bonds. The summed E-state index contributed by atoms with van der Waals surface area (Å²) in [5.41, 5.74) is 6.99. The molecule has 0 aromatic heterocycles. The molecule has 2 rings (SSSR count). The zero-order chi connectivity index (χ0) is 14.9. The van der Waals surface area contributed by atoms with Crippen LogP contribution in [0.1, 0.15) is 22.7 Å². The molecule has 0 saturated heterocycles. The van der Waals surface area contributed by atoms with Crippen molar-refractivity contribution in [3.8, 4) is 0 Å². The Bertz CT molecular complexity index is 646. The number of benzene rings is 2. The second-order valence-corrected chi connectivity index (χ2v) is 5.96. The molecule has 1 nitrogen and oxygen atoms in total. The third-order valence-electron chi connectivity index (χ3n) is 3.15. The van der Waals surface area contributed by atoms with E-state index in [0.29, 0.717) is 10.6 Å². The fraction of sp³-hybridized carbons (Fsp3) is 0.200. The maximum absolute atomic E-state index is 14.0. The van der Waals surface area contributed by atoms with E-state index in [0.717, 1.165) is 10.0 Å². The number of hydrogen-bond donors (Lipinski definition) is 1. The monoisotopic (exact) mass is 359 g/mol. The molecular weight excluding hydrogens is 348 g/mol.